The molecule has 0 unspecified atom stereocenters. The summed E-state index contributed by atoms with van der Waals surface area (Å²) in [5, 5.41) is 4.26. The van der Waals surface area contributed by atoms with E-state index in [0.717, 1.165) is 12.1 Å². The lowest BCUT2D eigenvalue weighted by molar-refractivity contribution is 0.181. The van der Waals surface area contributed by atoms with Gasteiger partial charge in [0.25, 0.3) is 0 Å². The van der Waals surface area contributed by atoms with Gasteiger partial charge in [0.2, 0.25) is 0 Å². The maximum Gasteiger partial charge on any atom is 0.0902 e. The molecular weight excluding hydrogens is 164 g/mol. The van der Waals surface area contributed by atoms with Crippen molar-refractivity contribution >= 4 is 0 Å². The van der Waals surface area contributed by atoms with Crippen molar-refractivity contribution in [2.45, 2.75) is 33.8 Å². The molecule has 0 bridgehead atoms. The third kappa shape index (κ3) is 3.59. The van der Waals surface area contributed by atoms with Crippen molar-refractivity contribution < 1.29 is 4.74 Å². The SMILES string of the molecule is CC.CCc1cc(COC)nn1C. The van der Waals surface area contributed by atoms with Crippen LogP contribution in [0.2, 0.25) is 0 Å². The van der Waals surface area contributed by atoms with Gasteiger partial charge in [-0.05, 0) is 12.5 Å². The molecular formula is C10H20N2O. The van der Waals surface area contributed by atoms with Crippen LogP contribution in [0.25, 0.3) is 0 Å². The minimum atomic E-state index is 0.605. The predicted octanol–water partition coefficient (Wildman–Crippen LogP) is 2.16. The summed E-state index contributed by atoms with van der Waals surface area (Å²) in [7, 11) is 3.64. The second-order valence-electron chi connectivity index (χ2n) is 2.54. The van der Waals surface area contributed by atoms with E-state index in [1.54, 1.807) is 7.11 Å². The number of hydrogen-bond donors (Lipinski definition) is 0. The van der Waals surface area contributed by atoms with Gasteiger partial charge in [-0.25, -0.2) is 0 Å². The second kappa shape index (κ2) is 6.66. The molecule has 1 aromatic heterocycles. The summed E-state index contributed by atoms with van der Waals surface area (Å²) >= 11 is 0. The molecule has 0 aliphatic rings. The molecule has 0 saturated heterocycles. The van der Waals surface area contributed by atoms with Crippen LogP contribution in [0.5, 0.6) is 0 Å². The van der Waals surface area contributed by atoms with E-state index in [1.165, 1.54) is 5.69 Å². The van der Waals surface area contributed by atoms with Crippen molar-refractivity contribution in [3.8, 4) is 0 Å². The third-order valence-corrected chi connectivity index (χ3v) is 1.68. The lowest BCUT2D eigenvalue weighted by Crippen LogP contribution is -1.96. The van der Waals surface area contributed by atoms with Crippen molar-refractivity contribution in [2.75, 3.05) is 7.11 Å². The topological polar surface area (TPSA) is 27.1 Å². The lowest BCUT2D eigenvalue weighted by Gasteiger charge is -1.93. The number of methoxy groups -OCH3 is 1. The zero-order valence-electron chi connectivity index (χ0n) is 9.29. The number of aromatic nitrogens is 2. The van der Waals surface area contributed by atoms with E-state index >= 15 is 0 Å². The van der Waals surface area contributed by atoms with Gasteiger partial charge in [0.15, 0.2) is 0 Å². The van der Waals surface area contributed by atoms with Gasteiger partial charge in [0, 0.05) is 19.9 Å². The summed E-state index contributed by atoms with van der Waals surface area (Å²) in [6, 6.07) is 2.07. The normalized spacial score (nSPS) is 9.31. The van der Waals surface area contributed by atoms with Gasteiger partial charge in [0.1, 0.15) is 0 Å². The fraction of sp³-hybridized carbons (Fsp3) is 0.700. The highest BCUT2D eigenvalue weighted by molar-refractivity contribution is 5.08. The van der Waals surface area contributed by atoms with Gasteiger partial charge in [-0.1, -0.05) is 20.8 Å². The van der Waals surface area contributed by atoms with Crippen molar-refractivity contribution in [3.63, 3.8) is 0 Å². The van der Waals surface area contributed by atoms with Crippen LogP contribution in [0.15, 0.2) is 6.07 Å². The number of ether oxygens (including phenoxy) is 1. The summed E-state index contributed by atoms with van der Waals surface area (Å²) in [6.07, 6.45) is 1.02. The van der Waals surface area contributed by atoms with Gasteiger partial charge in [-0.15, -0.1) is 0 Å². The molecule has 0 aliphatic carbocycles. The minimum Gasteiger partial charge on any atom is -0.378 e. The van der Waals surface area contributed by atoms with E-state index in [9.17, 15) is 0 Å². The summed E-state index contributed by atoms with van der Waals surface area (Å²) in [5.74, 6) is 0. The maximum atomic E-state index is 4.96. The molecule has 1 heterocycles. The second-order valence-corrected chi connectivity index (χ2v) is 2.54. The smallest absolute Gasteiger partial charge is 0.0902 e. The van der Waals surface area contributed by atoms with Crippen molar-refractivity contribution in [3.05, 3.63) is 17.5 Å². The van der Waals surface area contributed by atoms with Crippen LogP contribution in [0, 0.1) is 0 Å². The number of rotatable bonds is 3. The zero-order chi connectivity index (χ0) is 10.3. The maximum absolute atomic E-state index is 4.96. The average molecular weight is 184 g/mol. The fourth-order valence-electron chi connectivity index (χ4n) is 1.12. The van der Waals surface area contributed by atoms with Crippen molar-refractivity contribution in [2.24, 2.45) is 7.05 Å². The minimum absolute atomic E-state index is 0.605. The van der Waals surface area contributed by atoms with Crippen LogP contribution in [0.1, 0.15) is 32.2 Å². The Labute approximate surface area is 80.7 Å². The van der Waals surface area contributed by atoms with Crippen LogP contribution in [0.4, 0.5) is 0 Å². The largest absolute Gasteiger partial charge is 0.378 e. The van der Waals surface area contributed by atoms with Gasteiger partial charge in [-0.2, -0.15) is 5.10 Å². The lowest BCUT2D eigenvalue weighted by atomic mass is 10.3. The van der Waals surface area contributed by atoms with Crippen LogP contribution in [0.3, 0.4) is 0 Å². The average Bonchev–Trinajstić information content (AvgIpc) is 2.50. The van der Waals surface area contributed by atoms with Crippen molar-refractivity contribution in [1.29, 1.82) is 0 Å². The van der Waals surface area contributed by atoms with Crippen LogP contribution < -0.4 is 0 Å². The first-order valence-corrected chi connectivity index (χ1v) is 4.78. The number of hydrogen-bond acceptors (Lipinski definition) is 2. The first-order valence-electron chi connectivity index (χ1n) is 4.78. The van der Waals surface area contributed by atoms with Crippen LogP contribution >= 0.6 is 0 Å². The van der Waals surface area contributed by atoms with Crippen LogP contribution in [-0.4, -0.2) is 16.9 Å². The fourth-order valence-corrected chi connectivity index (χ4v) is 1.12. The Balaban J connectivity index is 0.000000671. The quantitative estimate of drug-likeness (QED) is 0.719. The number of aryl methyl sites for hydroxylation is 2. The zero-order valence-corrected chi connectivity index (χ0v) is 9.29. The van der Waals surface area contributed by atoms with E-state index in [2.05, 4.69) is 18.1 Å². The molecule has 0 fully saturated rings. The van der Waals surface area contributed by atoms with Gasteiger partial charge in [0.05, 0.1) is 12.3 Å². The highest BCUT2D eigenvalue weighted by atomic mass is 16.5. The molecule has 1 aromatic rings. The Morgan fingerprint density at radius 3 is 2.46 bits per heavy atom. The molecule has 0 spiro atoms. The Kier molecular flexibility index (Phi) is 6.24. The molecule has 0 amide bonds. The molecule has 76 valence electrons. The molecule has 0 atom stereocenters. The molecule has 13 heavy (non-hydrogen) atoms. The predicted molar refractivity (Wildman–Crippen MR) is 54.6 cm³/mol. The molecule has 0 aliphatic heterocycles. The van der Waals surface area contributed by atoms with Crippen molar-refractivity contribution in [1.82, 2.24) is 9.78 Å². The molecule has 0 N–H and O–H groups in total. The Morgan fingerprint density at radius 1 is 1.46 bits per heavy atom. The Hall–Kier alpha value is -0.830. The van der Waals surface area contributed by atoms with E-state index in [-0.39, 0.29) is 0 Å². The summed E-state index contributed by atoms with van der Waals surface area (Å²) in [4.78, 5) is 0. The van der Waals surface area contributed by atoms with E-state index in [1.807, 2.05) is 25.6 Å². The Morgan fingerprint density at radius 2 is 2.08 bits per heavy atom. The molecule has 0 aromatic carbocycles. The monoisotopic (exact) mass is 184 g/mol. The van der Waals surface area contributed by atoms with Gasteiger partial charge < -0.3 is 4.74 Å². The van der Waals surface area contributed by atoms with Crippen LogP contribution in [-0.2, 0) is 24.8 Å². The molecule has 1 rings (SSSR count). The highest BCUT2D eigenvalue weighted by Crippen LogP contribution is 2.03. The Bertz CT molecular complexity index is 231. The van der Waals surface area contributed by atoms with E-state index in [4.69, 9.17) is 4.74 Å². The van der Waals surface area contributed by atoms with E-state index in [0.29, 0.717) is 6.61 Å². The standard InChI is InChI=1S/C8H14N2O.C2H6/c1-4-8-5-7(6-11-3)9-10(8)2;1-2/h5H,4,6H2,1-3H3;1-2H3. The van der Waals surface area contributed by atoms with Gasteiger partial charge >= 0.3 is 0 Å². The highest BCUT2D eigenvalue weighted by Gasteiger charge is 2.01. The molecule has 3 heteroatoms. The first kappa shape index (κ1) is 12.2. The molecule has 3 nitrogen and oxygen atoms in total. The third-order valence-electron chi connectivity index (χ3n) is 1.68. The first-order chi connectivity index (χ1) is 6.27. The van der Waals surface area contributed by atoms with Gasteiger partial charge in [-0.3, -0.25) is 4.68 Å². The summed E-state index contributed by atoms with van der Waals surface area (Å²) in [5.41, 5.74) is 2.25. The molecule has 0 saturated carbocycles. The summed E-state index contributed by atoms with van der Waals surface area (Å²) in [6.45, 7) is 6.72. The van der Waals surface area contributed by atoms with E-state index < -0.39 is 0 Å². The summed E-state index contributed by atoms with van der Waals surface area (Å²) < 4.78 is 6.86. The number of nitrogens with zero attached hydrogens (tertiary/aromatic N) is 2. The molecule has 0 radical (unpaired) electrons.